The largest absolute Gasteiger partial charge is 0.481 e. The van der Waals surface area contributed by atoms with Gasteiger partial charge in [-0.3, -0.25) is 4.98 Å². The molecule has 180 valence electrons. The maximum absolute atomic E-state index is 14.6. The predicted octanol–water partition coefficient (Wildman–Crippen LogP) is 2.01. The molecule has 0 amide bonds. The van der Waals surface area contributed by atoms with Crippen LogP contribution in [0.1, 0.15) is 23.8 Å². The van der Waals surface area contributed by atoms with Gasteiger partial charge in [0.15, 0.2) is 6.29 Å². The number of methoxy groups -OCH3 is 1. The van der Waals surface area contributed by atoms with Crippen LogP contribution in [0.25, 0.3) is 11.0 Å². The van der Waals surface area contributed by atoms with E-state index in [0.29, 0.717) is 43.6 Å². The van der Waals surface area contributed by atoms with Crippen LogP contribution in [0.3, 0.4) is 0 Å². The summed E-state index contributed by atoms with van der Waals surface area (Å²) >= 11 is 1.70. The summed E-state index contributed by atoms with van der Waals surface area (Å²) in [5.41, 5.74) is 1.56. The topological polar surface area (TPSA) is 121 Å². The molecule has 0 radical (unpaired) electrons. The normalized spacial score (nSPS) is 21.0. The van der Waals surface area contributed by atoms with E-state index in [1.807, 2.05) is 6.07 Å². The SMILES string of the molecule is COc1ccc2ncc(F)c(C(O)CC3OCC(NCc4cc5c(nn4)OCCS5)CO3)c2n1. The Morgan fingerprint density at radius 2 is 2.15 bits per heavy atom. The van der Waals surface area contributed by atoms with Crippen LogP contribution in [0.15, 0.2) is 29.3 Å². The van der Waals surface area contributed by atoms with Gasteiger partial charge in [0.25, 0.3) is 0 Å². The highest BCUT2D eigenvalue weighted by atomic mass is 32.2. The Bertz CT molecular complexity index is 1160. The number of nitrogens with zero attached hydrogens (tertiary/aromatic N) is 4. The van der Waals surface area contributed by atoms with E-state index in [2.05, 4.69) is 25.5 Å². The van der Waals surface area contributed by atoms with Crippen molar-refractivity contribution >= 4 is 22.8 Å². The summed E-state index contributed by atoms with van der Waals surface area (Å²) in [5.74, 6) is 1.14. The molecule has 5 heterocycles. The first-order valence-electron chi connectivity index (χ1n) is 10.9. The van der Waals surface area contributed by atoms with Gasteiger partial charge in [-0.2, -0.15) is 5.10 Å². The molecule has 2 aliphatic rings. The summed E-state index contributed by atoms with van der Waals surface area (Å²) in [6.07, 6.45) is -0.746. The zero-order valence-corrected chi connectivity index (χ0v) is 19.3. The third kappa shape index (κ3) is 5.05. The predicted molar refractivity (Wildman–Crippen MR) is 120 cm³/mol. The number of ether oxygens (including phenoxy) is 4. The number of fused-ring (bicyclic) bond motifs is 2. The molecule has 10 nitrogen and oxygen atoms in total. The third-order valence-corrected chi connectivity index (χ3v) is 6.51. The second-order valence-electron chi connectivity index (χ2n) is 7.87. The lowest BCUT2D eigenvalue weighted by Crippen LogP contribution is -2.44. The molecule has 0 aliphatic carbocycles. The van der Waals surface area contributed by atoms with Crippen LogP contribution in [0, 0.1) is 5.82 Å². The van der Waals surface area contributed by atoms with Gasteiger partial charge in [-0.1, -0.05) is 0 Å². The van der Waals surface area contributed by atoms with Crippen LogP contribution in [-0.4, -0.2) is 70.3 Å². The average Bonchev–Trinajstić information content (AvgIpc) is 2.87. The van der Waals surface area contributed by atoms with E-state index in [-0.39, 0.29) is 23.5 Å². The minimum atomic E-state index is -1.19. The maximum Gasteiger partial charge on any atom is 0.247 e. The van der Waals surface area contributed by atoms with E-state index in [0.717, 1.165) is 22.5 Å². The van der Waals surface area contributed by atoms with Gasteiger partial charge in [-0.15, -0.1) is 16.9 Å². The average molecular weight is 490 g/mol. The van der Waals surface area contributed by atoms with Crippen LogP contribution < -0.4 is 14.8 Å². The molecular weight excluding hydrogens is 465 g/mol. The Balaban J connectivity index is 1.16. The van der Waals surface area contributed by atoms with Crippen molar-refractivity contribution in [2.24, 2.45) is 0 Å². The minimum Gasteiger partial charge on any atom is -0.481 e. The number of nitrogens with one attached hydrogen (secondary N) is 1. The van der Waals surface area contributed by atoms with Crippen LogP contribution in [0.5, 0.6) is 11.8 Å². The van der Waals surface area contributed by atoms with Gasteiger partial charge in [0.2, 0.25) is 11.8 Å². The molecule has 0 saturated carbocycles. The lowest BCUT2D eigenvalue weighted by Gasteiger charge is -2.31. The highest BCUT2D eigenvalue weighted by Gasteiger charge is 2.28. The van der Waals surface area contributed by atoms with Crippen molar-refractivity contribution in [3.05, 3.63) is 41.5 Å². The van der Waals surface area contributed by atoms with E-state index >= 15 is 0 Å². The van der Waals surface area contributed by atoms with E-state index < -0.39 is 18.2 Å². The first kappa shape index (κ1) is 23.1. The molecule has 1 atom stereocenters. The summed E-state index contributed by atoms with van der Waals surface area (Å²) in [6, 6.07) is 5.21. The summed E-state index contributed by atoms with van der Waals surface area (Å²) in [6.45, 7) is 1.90. The molecule has 0 spiro atoms. The number of halogens is 1. The summed E-state index contributed by atoms with van der Waals surface area (Å²) in [4.78, 5) is 9.29. The number of aromatic nitrogens is 4. The van der Waals surface area contributed by atoms with Gasteiger partial charge < -0.3 is 29.4 Å². The van der Waals surface area contributed by atoms with Gasteiger partial charge in [0.05, 0.1) is 61.4 Å². The van der Waals surface area contributed by atoms with Gasteiger partial charge in [-0.25, -0.2) is 9.37 Å². The number of pyridine rings is 2. The molecule has 2 aliphatic heterocycles. The second kappa shape index (κ2) is 10.3. The molecule has 1 saturated heterocycles. The zero-order valence-electron chi connectivity index (χ0n) is 18.4. The summed E-state index contributed by atoms with van der Waals surface area (Å²) in [7, 11) is 1.47. The fourth-order valence-electron chi connectivity index (χ4n) is 3.80. The Kier molecular flexibility index (Phi) is 7.02. The fourth-order valence-corrected chi connectivity index (χ4v) is 4.63. The number of aliphatic hydroxyl groups excluding tert-OH is 1. The fraction of sp³-hybridized carbons (Fsp3) is 0.455. The van der Waals surface area contributed by atoms with Crippen LogP contribution in [0.2, 0.25) is 0 Å². The number of aliphatic hydroxyl groups is 1. The number of thioether (sulfide) groups is 1. The second-order valence-corrected chi connectivity index (χ2v) is 9.01. The van der Waals surface area contributed by atoms with Crippen molar-refractivity contribution in [1.29, 1.82) is 0 Å². The smallest absolute Gasteiger partial charge is 0.247 e. The van der Waals surface area contributed by atoms with Crippen LogP contribution in [-0.2, 0) is 16.0 Å². The van der Waals surface area contributed by atoms with Gasteiger partial charge >= 0.3 is 0 Å². The van der Waals surface area contributed by atoms with Crippen molar-refractivity contribution in [3.8, 4) is 11.8 Å². The Morgan fingerprint density at radius 1 is 1.29 bits per heavy atom. The van der Waals surface area contributed by atoms with Gasteiger partial charge in [0.1, 0.15) is 11.3 Å². The van der Waals surface area contributed by atoms with Crippen molar-refractivity contribution in [3.63, 3.8) is 0 Å². The maximum atomic E-state index is 14.6. The molecule has 1 unspecified atom stereocenters. The molecule has 3 aromatic rings. The van der Waals surface area contributed by atoms with Gasteiger partial charge in [0, 0.05) is 30.3 Å². The lowest BCUT2D eigenvalue weighted by molar-refractivity contribution is -0.202. The minimum absolute atomic E-state index is 0.0455. The Morgan fingerprint density at radius 3 is 2.97 bits per heavy atom. The summed E-state index contributed by atoms with van der Waals surface area (Å²) < 4.78 is 36.7. The Labute approximate surface area is 199 Å². The van der Waals surface area contributed by atoms with E-state index in [1.54, 1.807) is 23.9 Å². The highest BCUT2D eigenvalue weighted by molar-refractivity contribution is 7.99. The zero-order chi connectivity index (χ0) is 23.5. The molecule has 34 heavy (non-hydrogen) atoms. The first-order valence-corrected chi connectivity index (χ1v) is 11.8. The van der Waals surface area contributed by atoms with Gasteiger partial charge in [-0.05, 0) is 12.1 Å². The molecule has 2 N–H and O–H groups in total. The molecule has 12 heteroatoms. The van der Waals surface area contributed by atoms with E-state index in [4.69, 9.17) is 18.9 Å². The van der Waals surface area contributed by atoms with Crippen LogP contribution >= 0.6 is 11.8 Å². The molecule has 1 fully saturated rings. The molecule has 0 bridgehead atoms. The van der Waals surface area contributed by atoms with Crippen molar-refractivity contribution in [1.82, 2.24) is 25.5 Å². The number of rotatable bonds is 7. The standard InChI is InChI=1S/C22H24FN5O5S/c1-30-18-3-2-15-21(26-18)20(14(23)9-25-15)16(29)7-19-32-10-13(11-33-19)24-8-12-6-17-22(28-27-12)31-4-5-34-17/h2-3,6,9,13,16,19,24,29H,4-5,7-8,10-11H2,1H3. The molecule has 0 aromatic carbocycles. The third-order valence-electron chi connectivity index (χ3n) is 5.53. The first-order chi connectivity index (χ1) is 16.6. The lowest BCUT2D eigenvalue weighted by atomic mass is 10.0. The summed E-state index contributed by atoms with van der Waals surface area (Å²) in [5, 5.41) is 22.4. The van der Waals surface area contributed by atoms with Crippen molar-refractivity contribution in [2.75, 3.05) is 32.7 Å². The quantitative estimate of drug-likeness (QED) is 0.507. The monoisotopic (exact) mass is 489 g/mol. The highest BCUT2D eigenvalue weighted by Crippen LogP contribution is 2.31. The molecular formula is C22H24FN5O5S. The van der Waals surface area contributed by atoms with Crippen molar-refractivity contribution in [2.45, 2.75) is 36.3 Å². The molecule has 3 aromatic heterocycles. The van der Waals surface area contributed by atoms with Crippen LogP contribution in [0.4, 0.5) is 4.39 Å². The molecule has 5 rings (SSSR count). The Hall–Kier alpha value is -2.64. The van der Waals surface area contributed by atoms with Crippen molar-refractivity contribution < 1.29 is 28.4 Å². The number of hydrogen-bond acceptors (Lipinski definition) is 11. The number of hydrogen-bond donors (Lipinski definition) is 2. The van der Waals surface area contributed by atoms with E-state index in [1.165, 1.54) is 7.11 Å². The van der Waals surface area contributed by atoms with E-state index in [9.17, 15) is 9.50 Å².